The lowest BCUT2D eigenvalue weighted by Gasteiger charge is -2.17. The summed E-state index contributed by atoms with van der Waals surface area (Å²) in [7, 11) is 0. The highest BCUT2D eigenvalue weighted by molar-refractivity contribution is 6.21. The van der Waals surface area contributed by atoms with Crippen molar-refractivity contribution in [2.45, 2.75) is 0 Å². The molecule has 0 N–H and O–H groups in total. The average molecular weight is 738 g/mol. The summed E-state index contributed by atoms with van der Waals surface area (Å²) in [6, 6.07) is 63.8. The van der Waals surface area contributed by atoms with Gasteiger partial charge in [-0.1, -0.05) is 121 Å². The maximum atomic E-state index is 5.33. The minimum absolute atomic E-state index is 0.866. The van der Waals surface area contributed by atoms with Crippen molar-refractivity contribution < 1.29 is 0 Å². The summed E-state index contributed by atoms with van der Waals surface area (Å²) in [6.45, 7) is 0. The molecule has 12 aromatic rings. The number of aromatic nitrogens is 5. The molecule has 5 heteroatoms. The minimum atomic E-state index is 0.866. The van der Waals surface area contributed by atoms with Crippen LogP contribution in [0.4, 0.5) is 0 Å². The van der Waals surface area contributed by atoms with E-state index in [9.17, 15) is 0 Å². The van der Waals surface area contributed by atoms with Gasteiger partial charge in [0, 0.05) is 44.3 Å². The third kappa shape index (κ3) is 5.21. The van der Waals surface area contributed by atoms with Gasteiger partial charge < -0.3 is 0 Å². The van der Waals surface area contributed by atoms with Gasteiger partial charge >= 0.3 is 0 Å². The van der Waals surface area contributed by atoms with Crippen LogP contribution in [-0.2, 0) is 0 Å². The van der Waals surface area contributed by atoms with E-state index < -0.39 is 0 Å². The number of pyridine rings is 5. The highest BCUT2D eigenvalue weighted by Crippen LogP contribution is 2.43. The van der Waals surface area contributed by atoms with Crippen LogP contribution in [0, 0.1) is 0 Å². The van der Waals surface area contributed by atoms with Gasteiger partial charge in [-0.2, -0.15) is 0 Å². The number of rotatable bonds is 4. The largest absolute Gasteiger partial charge is 0.254 e. The number of hydrogen-bond acceptors (Lipinski definition) is 5. The fraction of sp³-hybridized carbons (Fsp3) is 0. The molecule has 0 spiro atoms. The van der Waals surface area contributed by atoms with E-state index in [-0.39, 0.29) is 0 Å². The Balaban J connectivity index is 0.938. The molecule has 0 aliphatic heterocycles. The molecule has 0 radical (unpaired) electrons. The molecule has 0 saturated heterocycles. The Bertz CT molecular complexity index is 3590. The van der Waals surface area contributed by atoms with Crippen molar-refractivity contribution in [3.8, 4) is 45.0 Å². The Morgan fingerprint density at radius 1 is 0.276 bits per heavy atom. The van der Waals surface area contributed by atoms with Gasteiger partial charge in [-0.15, -0.1) is 0 Å². The first-order valence-electron chi connectivity index (χ1n) is 19.5. The van der Waals surface area contributed by atoms with Crippen molar-refractivity contribution in [2.75, 3.05) is 0 Å². The standard InChI is InChI=1S/C53H31N5/c1-6-14-43-32(8-1)17-25-46(55-43)47-26-21-37-30-35(19-23-44(37)56-47)36-20-24-45-38(31-36)22-28-48(57-45)50-39-10-2-4-12-41(39)51(42-13-5-3-11-40(42)50)49-27-18-34-16-15-33-9-7-29-54-52(33)53(34)58-49/h1-31H. The molecule has 0 bridgehead atoms. The van der Waals surface area contributed by atoms with Crippen molar-refractivity contribution >= 4 is 76.1 Å². The van der Waals surface area contributed by atoms with Gasteiger partial charge in [-0.05, 0) is 93.3 Å². The van der Waals surface area contributed by atoms with E-state index in [4.69, 9.17) is 24.9 Å². The van der Waals surface area contributed by atoms with Crippen LogP contribution < -0.4 is 0 Å². The molecule has 58 heavy (non-hydrogen) atoms. The van der Waals surface area contributed by atoms with Gasteiger partial charge in [-0.3, -0.25) is 4.98 Å². The molecule has 12 rings (SSSR count). The van der Waals surface area contributed by atoms with Gasteiger partial charge in [-0.25, -0.2) is 19.9 Å². The van der Waals surface area contributed by atoms with Crippen LogP contribution in [0.15, 0.2) is 188 Å². The lowest BCUT2D eigenvalue weighted by molar-refractivity contribution is 1.32. The summed E-state index contributed by atoms with van der Waals surface area (Å²) >= 11 is 0. The summed E-state index contributed by atoms with van der Waals surface area (Å²) in [5.74, 6) is 0. The smallest absolute Gasteiger partial charge is 0.0972 e. The molecule has 7 aromatic carbocycles. The molecule has 0 unspecified atom stereocenters. The van der Waals surface area contributed by atoms with E-state index in [1.807, 2.05) is 36.5 Å². The first kappa shape index (κ1) is 32.4. The highest BCUT2D eigenvalue weighted by Gasteiger charge is 2.19. The van der Waals surface area contributed by atoms with Gasteiger partial charge in [0.15, 0.2) is 0 Å². The molecule has 5 heterocycles. The second kappa shape index (κ2) is 12.8. The number of nitrogens with zero attached hydrogens (tertiary/aromatic N) is 5. The SMILES string of the molecule is c1ccc2nc(-c3ccc4cc(-c5ccc6nc(-c7c8ccccc8c(-c8ccc9ccc%10cccnc%10c9n8)c8ccccc78)ccc6c5)ccc4n3)ccc2c1. The summed E-state index contributed by atoms with van der Waals surface area (Å²) in [5, 5.41) is 10.0. The third-order valence-corrected chi connectivity index (χ3v) is 11.4. The van der Waals surface area contributed by atoms with E-state index in [1.54, 1.807) is 0 Å². The van der Waals surface area contributed by atoms with Gasteiger partial charge in [0.2, 0.25) is 0 Å². The summed E-state index contributed by atoms with van der Waals surface area (Å²) < 4.78 is 0. The summed E-state index contributed by atoms with van der Waals surface area (Å²) in [6.07, 6.45) is 1.84. The molecule has 0 atom stereocenters. The van der Waals surface area contributed by atoms with Crippen LogP contribution in [0.1, 0.15) is 0 Å². The maximum Gasteiger partial charge on any atom is 0.0972 e. The van der Waals surface area contributed by atoms with E-state index in [0.29, 0.717) is 0 Å². The average Bonchev–Trinajstić information content (AvgIpc) is 3.29. The Kier molecular flexibility index (Phi) is 7.16. The molecule has 268 valence electrons. The molecular formula is C53H31N5. The normalized spacial score (nSPS) is 11.8. The topological polar surface area (TPSA) is 64.5 Å². The van der Waals surface area contributed by atoms with E-state index in [0.717, 1.165) is 121 Å². The van der Waals surface area contributed by atoms with Gasteiger partial charge in [0.1, 0.15) is 0 Å². The van der Waals surface area contributed by atoms with Crippen LogP contribution in [-0.4, -0.2) is 24.9 Å². The first-order chi connectivity index (χ1) is 28.7. The van der Waals surface area contributed by atoms with E-state index >= 15 is 0 Å². The summed E-state index contributed by atoms with van der Waals surface area (Å²) in [5.41, 5.74) is 12.8. The van der Waals surface area contributed by atoms with E-state index in [1.165, 1.54) is 0 Å². The molecule has 0 amide bonds. The van der Waals surface area contributed by atoms with Crippen molar-refractivity contribution in [1.82, 2.24) is 24.9 Å². The molecule has 0 aliphatic rings. The predicted molar refractivity (Wildman–Crippen MR) is 240 cm³/mol. The van der Waals surface area contributed by atoms with Crippen LogP contribution >= 0.6 is 0 Å². The Morgan fingerprint density at radius 3 is 1.33 bits per heavy atom. The zero-order valence-electron chi connectivity index (χ0n) is 31.1. The van der Waals surface area contributed by atoms with Crippen LogP contribution in [0.5, 0.6) is 0 Å². The quantitative estimate of drug-likeness (QED) is 0.133. The zero-order chi connectivity index (χ0) is 38.2. The number of para-hydroxylation sites is 1. The number of benzene rings is 7. The number of fused-ring (bicyclic) bond motifs is 8. The Morgan fingerprint density at radius 2 is 0.707 bits per heavy atom. The zero-order valence-corrected chi connectivity index (χ0v) is 31.1. The van der Waals surface area contributed by atoms with Crippen molar-refractivity contribution in [3.05, 3.63) is 188 Å². The van der Waals surface area contributed by atoms with Crippen molar-refractivity contribution in [1.29, 1.82) is 0 Å². The second-order valence-electron chi connectivity index (χ2n) is 14.8. The Labute approximate surface area is 333 Å². The lowest BCUT2D eigenvalue weighted by atomic mass is 9.88. The van der Waals surface area contributed by atoms with Crippen LogP contribution in [0.2, 0.25) is 0 Å². The molecule has 0 saturated carbocycles. The maximum absolute atomic E-state index is 5.33. The monoisotopic (exact) mass is 737 g/mol. The van der Waals surface area contributed by atoms with E-state index in [2.05, 4.69) is 152 Å². The van der Waals surface area contributed by atoms with Crippen LogP contribution in [0.3, 0.4) is 0 Å². The van der Waals surface area contributed by atoms with Crippen LogP contribution in [0.25, 0.3) is 121 Å². The number of hydrogen-bond donors (Lipinski definition) is 0. The van der Waals surface area contributed by atoms with Gasteiger partial charge in [0.05, 0.1) is 50.4 Å². The highest BCUT2D eigenvalue weighted by atomic mass is 14.8. The fourth-order valence-electron chi connectivity index (χ4n) is 8.64. The second-order valence-corrected chi connectivity index (χ2v) is 14.8. The first-order valence-corrected chi connectivity index (χ1v) is 19.5. The Hall–Kier alpha value is -7.89. The van der Waals surface area contributed by atoms with Crippen molar-refractivity contribution in [2.24, 2.45) is 0 Å². The molecule has 5 nitrogen and oxygen atoms in total. The summed E-state index contributed by atoms with van der Waals surface area (Å²) in [4.78, 5) is 25.2. The van der Waals surface area contributed by atoms with Crippen molar-refractivity contribution in [3.63, 3.8) is 0 Å². The molecule has 0 fully saturated rings. The molecule has 5 aromatic heterocycles. The minimum Gasteiger partial charge on any atom is -0.254 e. The van der Waals surface area contributed by atoms with Gasteiger partial charge in [0.25, 0.3) is 0 Å². The fourth-order valence-corrected chi connectivity index (χ4v) is 8.64. The predicted octanol–water partition coefficient (Wildman–Crippen LogP) is 13.4. The molecular weight excluding hydrogens is 707 g/mol. The lowest BCUT2D eigenvalue weighted by Crippen LogP contribution is -1.95. The molecule has 0 aliphatic carbocycles. The third-order valence-electron chi connectivity index (χ3n) is 11.4.